The second kappa shape index (κ2) is 9.79. The number of allylic oxidation sites excluding steroid dienone is 1. The van der Waals surface area contributed by atoms with Crippen LogP contribution in [0.5, 0.6) is 5.75 Å². The van der Waals surface area contributed by atoms with Gasteiger partial charge in [-0.2, -0.15) is 17.5 Å². The van der Waals surface area contributed by atoms with E-state index in [0.717, 1.165) is 12.1 Å². The molecule has 0 bridgehead atoms. The molecule has 0 aliphatic rings. The highest BCUT2D eigenvalue weighted by atomic mass is 35.5. The van der Waals surface area contributed by atoms with Gasteiger partial charge in [-0.3, -0.25) is 4.79 Å². The first-order chi connectivity index (χ1) is 15.1. The summed E-state index contributed by atoms with van der Waals surface area (Å²) in [6, 6.07) is 9.82. The molecule has 1 heterocycles. The third kappa shape index (κ3) is 5.72. The summed E-state index contributed by atoms with van der Waals surface area (Å²) in [6.07, 6.45) is -5.14. The molecule has 1 aromatic heterocycles. The second-order valence-corrected chi connectivity index (χ2v) is 7.88. The topological polar surface area (TPSA) is 39.2 Å². The summed E-state index contributed by atoms with van der Waals surface area (Å²) in [4.78, 5) is 10.1. The van der Waals surface area contributed by atoms with E-state index < -0.39 is 29.6 Å². The van der Waals surface area contributed by atoms with Crippen molar-refractivity contribution >= 4 is 35.0 Å². The number of rotatable bonds is 7. The van der Waals surface area contributed by atoms with Crippen LogP contribution in [0.3, 0.4) is 0 Å². The van der Waals surface area contributed by atoms with Crippen LogP contribution in [0.4, 0.5) is 22.0 Å². The molecule has 2 aromatic carbocycles. The Morgan fingerprint density at radius 2 is 1.88 bits per heavy atom. The Hall–Kier alpha value is -2.78. The van der Waals surface area contributed by atoms with E-state index >= 15 is 0 Å². The lowest BCUT2D eigenvalue weighted by atomic mass is 10.1. The van der Waals surface area contributed by atoms with Crippen LogP contribution < -0.4 is 4.74 Å². The van der Waals surface area contributed by atoms with E-state index in [1.165, 1.54) is 49.4 Å². The van der Waals surface area contributed by atoms with Crippen molar-refractivity contribution in [2.45, 2.75) is 26.1 Å². The zero-order chi connectivity index (χ0) is 23.5. The zero-order valence-electron chi connectivity index (χ0n) is 16.4. The van der Waals surface area contributed by atoms with Gasteiger partial charge in [-0.1, -0.05) is 35.9 Å². The van der Waals surface area contributed by atoms with Crippen LogP contribution in [0.25, 0.3) is 17.3 Å². The molecule has 10 heteroatoms. The molecule has 0 N–H and O–H groups in total. The van der Waals surface area contributed by atoms with Crippen molar-refractivity contribution in [2.75, 3.05) is 0 Å². The largest absolute Gasteiger partial charge is 0.489 e. The quantitative estimate of drug-likeness (QED) is 0.254. The molecule has 32 heavy (non-hydrogen) atoms. The Balaban J connectivity index is 1.94. The smallest absolute Gasteiger partial charge is 0.427 e. The normalized spacial score (nSPS) is 12.0. The van der Waals surface area contributed by atoms with E-state index in [1.54, 1.807) is 0 Å². The van der Waals surface area contributed by atoms with E-state index in [-0.39, 0.29) is 39.9 Å². The molecule has 3 nitrogen and oxygen atoms in total. The summed E-state index contributed by atoms with van der Waals surface area (Å²) in [6.45, 7) is 0.746. The van der Waals surface area contributed by atoms with Crippen molar-refractivity contribution in [3.05, 3.63) is 75.1 Å². The van der Waals surface area contributed by atoms with Crippen molar-refractivity contribution in [3.8, 4) is 17.0 Å². The van der Waals surface area contributed by atoms with Gasteiger partial charge in [0.2, 0.25) is 0 Å². The van der Waals surface area contributed by atoms with Crippen LogP contribution in [0.2, 0.25) is 5.02 Å². The van der Waals surface area contributed by atoms with Crippen LogP contribution in [0, 0.1) is 0 Å². The molecule has 0 radical (unpaired) electrons. The van der Waals surface area contributed by atoms with Gasteiger partial charge < -0.3 is 4.74 Å². The number of benzene rings is 2. The van der Waals surface area contributed by atoms with E-state index in [0.29, 0.717) is 10.6 Å². The highest BCUT2D eigenvalue weighted by Gasteiger charge is 2.38. The molecule has 3 aromatic rings. The van der Waals surface area contributed by atoms with Crippen LogP contribution in [0.15, 0.2) is 48.5 Å². The summed E-state index contributed by atoms with van der Waals surface area (Å²) in [7, 11) is 0. The molecule has 0 saturated carbocycles. The lowest BCUT2D eigenvalue weighted by molar-refractivity contribution is -0.135. The van der Waals surface area contributed by atoms with Crippen molar-refractivity contribution in [2.24, 2.45) is 0 Å². The number of ether oxygens (including phenoxy) is 1. The first-order valence-corrected chi connectivity index (χ1v) is 10.3. The predicted octanol–water partition coefficient (Wildman–Crippen LogP) is 7.60. The fourth-order valence-corrected chi connectivity index (χ4v) is 3.74. The maximum Gasteiger partial charge on any atom is 0.427 e. The molecular weight excluding hydrogens is 473 g/mol. The third-order valence-electron chi connectivity index (χ3n) is 4.34. The predicted molar refractivity (Wildman–Crippen MR) is 113 cm³/mol. The number of halogens is 6. The van der Waals surface area contributed by atoms with E-state index in [4.69, 9.17) is 16.3 Å². The number of hydrogen-bond acceptors (Lipinski definition) is 4. The van der Waals surface area contributed by atoms with Gasteiger partial charge in [0.25, 0.3) is 6.43 Å². The molecule has 0 amide bonds. The third-order valence-corrected chi connectivity index (χ3v) is 5.52. The van der Waals surface area contributed by atoms with Gasteiger partial charge in [0, 0.05) is 21.7 Å². The number of ketones is 1. The van der Waals surface area contributed by atoms with Crippen molar-refractivity contribution < 1.29 is 31.5 Å². The number of aromatic nitrogens is 1. The molecule has 0 saturated heterocycles. The van der Waals surface area contributed by atoms with Gasteiger partial charge >= 0.3 is 6.18 Å². The fourth-order valence-electron chi connectivity index (χ4n) is 2.85. The van der Waals surface area contributed by atoms with Crippen LogP contribution in [-0.2, 0) is 17.6 Å². The molecule has 0 unspecified atom stereocenters. The van der Waals surface area contributed by atoms with Gasteiger partial charge in [0.1, 0.15) is 17.2 Å². The Bertz CT molecular complexity index is 1140. The van der Waals surface area contributed by atoms with Gasteiger partial charge in [0.05, 0.1) is 5.69 Å². The molecule has 0 spiro atoms. The molecule has 168 valence electrons. The number of hydrogen-bond donors (Lipinski definition) is 0. The average Bonchev–Trinajstić information content (AvgIpc) is 3.16. The molecule has 0 fully saturated rings. The van der Waals surface area contributed by atoms with Crippen LogP contribution >= 0.6 is 23.1 Å². The SMILES string of the molecule is CC(=O)/C=C/c1ccc(OCc2c(-c3ccc(Cl)cc3)nsc2C(F)(F)F)cc1C(F)F. The highest BCUT2D eigenvalue weighted by Crippen LogP contribution is 2.40. The van der Waals surface area contributed by atoms with Gasteiger partial charge in [-0.25, -0.2) is 8.78 Å². The number of carbonyl (C=O) groups is 1. The van der Waals surface area contributed by atoms with Gasteiger partial charge in [-0.15, -0.1) is 0 Å². The first kappa shape index (κ1) is 23.9. The van der Waals surface area contributed by atoms with Crippen LogP contribution in [-0.4, -0.2) is 10.2 Å². The average molecular weight is 488 g/mol. The van der Waals surface area contributed by atoms with E-state index in [2.05, 4.69) is 4.37 Å². The fraction of sp³-hybridized carbons (Fsp3) is 0.182. The summed E-state index contributed by atoms with van der Waals surface area (Å²) in [5, 5.41) is 0.413. The lowest BCUT2D eigenvalue weighted by Crippen LogP contribution is -2.08. The maximum absolute atomic E-state index is 13.5. The van der Waals surface area contributed by atoms with E-state index in [1.807, 2.05) is 0 Å². The summed E-state index contributed by atoms with van der Waals surface area (Å²) < 4.78 is 76.8. The zero-order valence-corrected chi connectivity index (χ0v) is 18.0. The van der Waals surface area contributed by atoms with Gasteiger partial charge in [0.15, 0.2) is 5.78 Å². The minimum Gasteiger partial charge on any atom is -0.489 e. The van der Waals surface area contributed by atoms with Gasteiger partial charge in [-0.05, 0) is 54.4 Å². The second-order valence-electron chi connectivity index (χ2n) is 6.67. The van der Waals surface area contributed by atoms with Crippen molar-refractivity contribution in [3.63, 3.8) is 0 Å². The molecule has 0 aliphatic heterocycles. The number of nitrogens with zero attached hydrogens (tertiary/aromatic N) is 1. The summed E-state index contributed by atoms with van der Waals surface area (Å²) in [5.41, 5.74) is -0.00853. The number of alkyl halides is 5. The Morgan fingerprint density at radius 1 is 1.19 bits per heavy atom. The maximum atomic E-state index is 13.5. The van der Waals surface area contributed by atoms with Crippen molar-refractivity contribution in [1.82, 2.24) is 4.37 Å². The molecule has 3 rings (SSSR count). The molecule has 0 atom stereocenters. The summed E-state index contributed by atoms with van der Waals surface area (Å²) in [5.74, 6) is -0.355. The Morgan fingerprint density at radius 3 is 2.47 bits per heavy atom. The lowest BCUT2D eigenvalue weighted by Gasteiger charge is -2.13. The Labute approximate surface area is 189 Å². The minimum absolute atomic E-state index is 0.0401. The monoisotopic (exact) mass is 487 g/mol. The van der Waals surface area contributed by atoms with Crippen molar-refractivity contribution in [1.29, 1.82) is 0 Å². The van der Waals surface area contributed by atoms with Crippen LogP contribution in [0.1, 0.15) is 34.9 Å². The first-order valence-electron chi connectivity index (χ1n) is 9.11. The molecular formula is C22H15ClF5NO2S. The standard InChI is InChI=1S/C22H15ClF5NO2S/c1-12(30)2-3-13-6-9-16(10-17(13)21(24)25)31-11-18-19(14-4-7-15(23)8-5-14)29-32-20(18)22(26,27)28/h2-10,21H,11H2,1H3/b3-2+. The van der Waals surface area contributed by atoms with E-state index in [9.17, 15) is 26.7 Å². The Kier molecular flexibility index (Phi) is 7.30. The highest BCUT2D eigenvalue weighted by molar-refractivity contribution is 7.06. The molecule has 0 aliphatic carbocycles. The minimum atomic E-state index is -4.66. The summed E-state index contributed by atoms with van der Waals surface area (Å²) >= 11 is 6.13. The number of carbonyl (C=O) groups excluding carboxylic acids is 1.